The molecule has 0 aliphatic rings. The Balaban J connectivity index is 2.45. The summed E-state index contributed by atoms with van der Waals surface area (Å²) in [6.45, 7) is 3.16. The minimum Gasteiger partial charge on any atom is -0.445 e. The first-order valence-electron chi connectivity index (χ1n) is 5.71. The highest BCUT2D eigenvalue weighted by molar-refractivity contribution is 7.51. The van der Waals surface area contributed by atoms with Crippen molar-refractivity contribution in [3.05, 3.63) is 35.9 Å². The SMILES string of the molecule is CC(C)(CP(=O)(O)O)NC(=O)OCc1ccccc1. The Hall–Kier alpha value is -1.36. The molecule has 0 spiro atoms. The second-order valence-corrected chi connectivity index (χ2v) is 6.54. The third-order valence-electron chi connectivity index (χ3n) is 2.25. The molecule has 0 unspecified atom stereocenters. The molecule has 0 saturated carbocycles. The fourth-order valence-corrected chi connectivity index (χ4v) is 2.70. The number of carbonyl (C=O) groups is 1. The Morgan fingerprint density at radius 2 is 1.89 bits per heavy atom. The zero-order chi connectivity index (χ0) is 14.5. The zero-order valence-corrected chi connectivity index (χ0v) is 11.8. The maximum Gasteiger partial charge on any atom is 0.407 e. The molecule has 7 heteroatoms. The molecular formula is C12H18NO5P. The van der Waals surface area contributed by atoms with E-state index in [2.05, 4.69) is 5.32 Å². The van der Waals surface area contributed by atoms with Crippen LogP contribution in [-0.4, -0.2) is 27.6 Å². The molecule has 0 atom stereocenters. The van der Waals surface area contributed by atoms with E-state index in [1.807, 2.05) is 30.3 Å². The van der Waals surface area contributed by atoms with Gasteiger partial charge in [-0.05, 0) is 19.4 Å². The van der Waals surface area contributed by atoms with Crippen LogP contribution in [0, 0.1) is 0 Å². The summed E-state index contributed by atoms with van der Waals surface area (Å²) in [6.07, 6.45) is -1.15. The summed E-state index contributed by atoms with van der Waals surface area (Å²) in [5.41, 5.74) is -0.197. The summed E-state index contributed by atoms with van der Waals surface area (Å²) in [5, 5.41) is 2.43. The van der Waals surface area contributed by atoms with Gasteiger partial charge in [0.05, 0.1) is 6.16 Å². The standard InChI is InChI=1S/C12H18NO5P/c1-12(2,9-19(15,16)17)13-11(14)18-8-10-6-4-3-5-7-10/h3-7H,8-9H2,1-2H3,(H,13,14)(H2,15,16,17). The molecule has 0 heterocycles. The van der Waals surface area contributed by atoms with Gasteiger partial charge in [0.25, 0.3) is 0 Å². The third-order valence-corrected chi connectivity index (χ3v) is 3.46. The summed E-state index contributed by atoms with van der Waals surface area (Å²) in [4.78, 5) is 29.3. The molecule has 0 fully saturated rings. The van der Waals surface area contributed by atoms with Crippen molar-refractivity contribution in [1.82, 2.24) is 5.32 Å². The first-order valence-corrected chi connectivity index (χ1v) is 7.51. The van der Waals surface area contributed by atoms with Crippen LogP contribution in [0.25, 0.3) is 0 Å². The van der Waals surface area contributed by atoms with Crippen molar-refractivity contribution in [1.29, 1.82) is 0 Å². The van der Waals surface area contributed by atoms with Gasteiger partial charge in [-0.2, -0.15) is 0 Å². The summed E-state index contributed by atoms with van der Waals surface area (Å²) in [7, 11) is -4.19. The number of ether oxygens (including phenoxy) is 1. The van der Waals surface area contributed by atoms with E-state index in [1.54, 1.807) is 0 Å². The summed E-state index contributed by atoms with van der Waals surface area (Å²) < 4.78 is 15.9. The van der Waals surface area contributed by atoms with E-state index in [4.69, 9.17) is 14.5 Å². The molecule has 6 nitrogen and oxygen atoms in total. The van der Waals surface area contributed by atoms with Gasteiger partial charge in [-0.25, -0.2) is 4.79 Å². The number of alkyl carbamates (subject to hydrolysis) is 1. The van der Waals surface area contributed by atoms with Gasteiger partial charge in [-0.3, -0.25) is 4.57 Å². The maximum atomic E-state index is 11.5. The van der Waals surface area contributed by atoms with E-state index in [0.717, 1.165) is 5.56 Å². The van der Waals surface area contributed by atoms with E-state index >= 15 is 0 Å². The molecular weight excluding hydrogens is 269 g/mol. The predicted molar refractivity (Wildman–Crippen MR) is 70.8 cm³/mol. The molecule has 3 N–H and O–H groups in total. The van der Waals surface area contributed by atoms with Gasteiger partial charge in [0, 0.05) is 5.54 Å². The Morgan fingerprint density at radius 3 is 2.42 bits per heavy atom. The Bertz CT molecular complexity index is 468. The van der Waals surface area contributed by atoms with E-state index in [0.29, 0.717) is 0 Å². The Labute approximate surface area is 111 Å². The van der Waals surface area contributed by atoms with Gasteiger partial charge in [-0.15, -0.1) is 0 Å². The summed E-state index contributed by atoms with van der Waals surface area (Å²) in [6, 6.07) is 9.14. The number of hydrogen-bond acceptors (Lipinski definition) is 3. The monoisotopic (exact) mass is 287 g/mol. The average Bonchev–Trinajstić information content (AvgIpc) is 2.23. The van der Waals surface area contributed by atoms with Crippen LogP contribution in [0.4, 0.5) is 4.79 Å². The lowest BCUT2D eigenvalue weighted by Crippen LogP contribution is -2.46. The highest BCUT2D eigenvalue weighted by Gasteiger charge is 2.30. The van der Waals surface area contributed by atoms with Crippen LogP contribution in [0.5, 0.6) is 0 Å². The lowest BCUT2D eigenvalue weighted by molar-refractivity contribution is 0.131. The fourth-order valence-electron chi connectivity index (χ4n) is 1.59. The molecule has 1 rings (SSSR count). The van der Waals surface area contributed by atoms with Crippen LogP contribution in [0.2, 0.25) is 0 Å². The number of carbonyl (C=O) groups excluding carboxylic acids is 1. The van der Waals surface area contributed by atoms with Gasteiger partial charge < -0.3 is 19.8 Å². The number of benzene rings is 1. The second kappa shape index (κ2) is 6.19. The lowest BCUT2D eigenvalue weighted by atomic mass is 10.1. The molecule has 0 radical (unpaired) electrons. The molecule has 0 aromatic heterocycles. The third kappa shape index (κ3) is 6.96. The molecule has 0 bridgehead atoms. The van der Waals surface area contributed by atoms with Gasteiger partial charge in [0.2, 0.25) is 0 Å². The normalized spacial score (nSPS) is 12.0. The van der Waals surface area contributed by atoms with E-state index in [9.17, 15) is 9.36 Å². The zero-order valence-electron chi connectivity index (χ0n) is 10.9. The molecule has 0 aliphatic heterocycles. The van der Waals surface area contributed by atoms with Gasteiger partial charge in [-0.1, -0.05) is 30.3 Å². The van der Waals surface area contributed by atoms with Crippen LogP contribution < -0.4 is 5.32 Å². The quantitative estimate of drug-likeness (QED) is 0.718. The van der Waals surface area contributed by atoms with Crippen LogP contribution in [0.1, 0.15) is 19.4 Å². The maximum absolute atomic E-state index is 11.5. The van der Waals surface area contributed by atoms with E-state index in [-0.39, 0.29) is 6.61 Å². The average molecular weight is 287 g/mol. The largest absolute Gasteiger partial charge is 0.445 e. The van der Waals surface area contributed by atoms with Gasteiger partial charge in [0.15, 0.2) is 0 Å². The lowest BCUT2D eigenvalue weighted by Gasteiger charge is -2.25. The molecule has 106 valence electrons. The van der Waals surface area contributed by atoms with E-state index < -0.39 is 25.4 Å². The van der Waals surface area contributed by atoms with Gasteiger partial charge >= 0.3 is 13.7 Å². The number of rotatable bonds is 5. The Morgan fingerprint density at radius 1 is 1.32 bits per heavy atom. The summed E-state index contributed by atoms with van der Waals surface area (Å²) >= 11 is 0. The first kappa shape index (κ1) is 15.7. The van der Waals surface area contributed by atoms with E-state index in [1.165, 1.54) is 13.8 Å². The van der Waals surface area contributed by atoms with Crippen molar-refractivity contribution in [3.8, 4) is 0 Å². The van der Waals surface area contributed by atoms with Gasteiger partial charge in [0.1, 0.15) is 6.61 Å². The predicted octanol–water partition coefficient (Wildman–Crippen LogP) is 1.87. The van der Waals surface area contributed by atoms with Crippen LogP contribution >= 0.6 is 7.60 Å². The fraction of sp³-hybridized carbons (Fsp3) is 0.417. The van der Waals surface area contributed by atoms with Crippen molar-refractivity contribution in [2.45, 2.75) is 26.0 Å². The van der Waals surface area contributed by atoms with Crippen LogP contribution in [0.15, 0.2) is 30.3 Å². The summed E-state index contributed by atoms with van der Waals surface area (Å²) in [5.74, 6) is 0. The van der Waals surface area contributed by atoms with Crippen molar-refractivity contribution in [2.75, 3.05) is 6.16 Å². The molecule has 0 aliphatic carbocycles. The minimum atomic E-state index is -4.19. The van der Waals surface area contributed by atoms with Crippen LogP contribution in [0.3, 0.4) is 0 Å². The smallest absolute Gasteiger partial charge is 0.407 e. The highest BCUT2D eigenvalue weighted by atomic mass is 31.2. The van der Waals surface area contributed by atoms with Crippen molar-refractivity contribution in [3.63, 3.8) is 0 Å². The van der Waals surface area contributed by atoms with Crippen molar-refractivity contribution < 1.29 is 23.9 Å². The molecule has 1 aromatic rings. The number of nitrogens with one attached hydrogen (secondary N) is 1. The van der Waals surface area contributed by atoms with Crippen molar-refractivity contribution >= 4 is 13.7 Å². The second-order valence-electron chi connectivity index (χ2n) is 4.89. The molecule has 19 heavy (non-hydrogen) atoms. The highest BCUT2D eigenvalue weighted by Crippen LogP contribution is 2.38. The number of hydrogen-bond donors (Lipinski definition) is 3. The minimum absolute atomic E-state index is 0.110. The van der Waals surface area contributed by atoms with Crippen molar-refractivity contribution in [2.24, 2.45) is 0 Å². The molecule has 0 saturated heterocycles. The molecule has 1 aromatic carbocycles. The molecule has 1 amide bonds. The van der Waals surface area contributed by atoms with Crippen LogP contribution in [-0.2, 0) is 15.9 Å². The number of amides is 1. The Kier molecular flexibility index (Phi) is 5.11. The first-order chi connectivity index (χ1) is 8.68. The topological polar surface area (TPSA) is 95.9 Å².